The fourth-order valence-electron chi connectivity index (χ4n) is 3.49. The number of allylic oxidation sites excluding steroid dienone is 3. The van der Waals surface area contributed by atoms with Gasteiger partial charge in [0.1, 0.15) is 17.7 Å². The molecule has 0 aromatic heterocycles. The summed E-state index contributed by atoms with van der Waals surface area (Å²) < 4.78 is 34.2. The predicted octanol–water partition coefficient (Wildman–Crippen LogP) is 2.96. The fraction of sp³-hybridized carbons (Fsp3) is 0.611. The average molecular weight is 338 g/mol. The molecule has 0 spiro atoms. The van der Waals surface area contributed by atoms with Gasteiger partial charge in [-0.2, -0.15) is 8.78 Å². The molecule has 0 fully saturated rings. The van der Waals surface area contributed by atoms with Crippen LogP contribution >= 0.6 is 0 Å². The number of aliphatic imine (C=N–C) groups is 1. The van der Waals surface area contributed by atoms with Gasteiger partial charge in [-0.1, -0.05) is 18.2 Å². The summed E-state index contributed by atoms with van der Waals surface area (Å²) >= 11 is 0. The lowest BCUT2D eigenvalue weighted by atomic mass is 9.94. The maximum Gasteiger partial charge on any atom is 0.289 e. The van der Waals surface area contributed by atoms with E-state index in [9.17, 15) is 13.9 Å². The van der Waals surface area contributed by atoms with E-state index < -0.39 is 23.9 Å². The third-order valence-electron chi connectivity index (χ3n) is 4.89. The Labute approximate surface area is 141 Å². The SMILES string of the molecule is COC1=CC2NC(O)C(C(F)(F)CCCC3CC=CC3)=NC2C=C1. The van der Waals surface area contributed by atoms with Gasteiger partial charge in [0.15, 0.2) is 0 Å². The zero-order valence-corrected chi connectivity index (χ0v) is 13.8. The summed E-state index contributed by atoms with van der Waals surface area (Å²) in [5.41, 5.74) is -0.452. The van der Waals surface area contributed by atoms with Crippen LogP contribution in [0.1, 0.15) is 32.1 Å². The van der Waals surface area contributed by atoms with E-state index in [4.69, 9.17) is 4.74 Å². The molecule has 2 aliphatic carbocycles. The summed E-state index contributed by atoms with van der Waals surface area (Å²) in [6.45, 7) is 0. The van der Waals surface area contributed by atoms with Gasteiger partial charge in [0.05, 0.1) is 19.2 Å². The molecule has 0 radical (unpaired) electrons. The number of hydrogen-bond donors (Lipinski definition) is 2. The highest BCUT2D eigenvalue weighted by atomic mass is 19.3. The third-order valence-corrected chi connectivity index (χ3v) is 4.89. The lowest BCUT2D eigenvalue weighted by Gasteiger charge is -2.35. The number of aliphatic hydroxyl groups is 1. The fourth-order valence-corrected chi connectivity index (χ4v) is 3.49. The number of rotatable bonds is 6. The van der Waals surface area contributed by atoms with Crippen molar-refractivity contribution in [1.82, 2.24) is 5.32 Å². The van der Waals surface area contributed by atoms with Gasteiger partial charge in [-0.3, -0.25) is 10.3 Å². The first kappa shape index (κ1) is 17.3. The number of nitrogens with zero attached hydrogens (tertiary/aromatic N) is 1. The zero-order valence-electron chi connectivity index (χ0n) is 13.8. The van der Waals surface area contributed by atoms with Crippen LogP contribution in [0.15, 0.2) is 41.1 Å². The summed E-state index contributed by atoms with van der Waals surface area (Å²) in [5, 5.41) is 12.9. The van der Waals surface area contributed by atoms with E-state index >= 15 is 0 Å². The maximum absolute atomic E-state index is 14.5. The lowest BCUT2D eigenvalue weighted by Crippen LogP contribution is -2.57. The molecule has 3 unspecified atom stereocenters. The van der Waals surface area contributed by atoms with E-state index in [1.807, 2.05) is 0 Å². The Bertz CT molecular complexity index is 576. The van der Waals surface area contributed by atoms with Gasteiger partial charge in [0, 0.05) is 6.42 Å². The summed E-state index contributed by atoms with van der Waals surface area (Å²) in [5.74, 6) is -1.98. The number of aliphatic hydroxyl groups excluding tert-OH is 1. The van der Waals surface area contributed by atoms with Crippen LogP contribution in [-0.2, 0) is 4.74 Å². The summed E-state index contributed by atoms with van der Waals surface area (Å²) in [7, 11) is 1.54. The Morgan fingerprint density at radius 3 is 2.83 bits per heavy atom. The van der Waals surface area contributed by atoms with Crippen molar-refractivity contribution in [3.8, 4) is 0 Å². The molecule has 0 saturated heterocycles. The number of fused-ring (bicyclic) bond motifs is 1. The third kappa shape index (κ3) is 3.75. The topological polar surface area (TPSA) is 53.8 Å². The van der Waals surface area contributed by atoms with E-state index in [2.05, 4.69) is 22.5 Å². The number of halogens is 2. The molecular weight excluding hydrogens is 314 g/mol. The molecular formula is C18H24F2N2O2. The van der Waals surface area contributed by atoms with E-state index in [0.29, 0.717) is 18.1 Å². The Morgan fingerprint density at radius 1 is 1.38 bits per heavy atom. The van der Waals surface area contributed by atoms with Crippen molar-refractivity contribution >= 4 is 5.71 Å². The van der Waals surface area contributed by atoms with Crippen LogP contribution in [0.25, 0.3) is 0 Å². The van der Waals surface area contributed by atoms with Crippen LogP contribution in [0.5, 0.6) is 0 Å². The molecule has 4 nitrogen and oxygen atoms in total. The summed E-state index contributed by atoms with van der Waals surface area (Å²) in [6, 6.07) is -0.767. The van der Waals surface area contributed by atoms with E-state index in [0.717, 1.165) is 19.3 Å². The monoisotopic (exact) mass is 338 g/mol. The molecule has 0 aromatic rings. The molecule has 0 bridgehead atoms. The Kier molecular flexibility index (Phi) is 5.15. The minimum Gasteiger partial charge on any atom is -0.497 e. The van der Waals surface area contributed by atoms with Crippen molar-refractivity contribution in [3.63, 3.8) is 0 Å². The molecule has 132 valence electrons. The van der Waals surface area contributed by atoms with Crippen LogP contribution in [0.4, 0.5) is 8.78 Å². The minimum atomic E-state index is -3.09. The van der Waals surface area contributed by atoms with Crippen LogP contribution < -0.4 is 5.32 Å². The Hall–Kier alpha value is -1.53. The molecule has 3 aliphatic rings. The van der Waals surface area contributed by atoms with E-state index in [-0.39, 0.29) is 12.5 Å². The van der Waals surface area contributed by atoms with Crippen LogP contribution in [0.2, 0.25) is 0 Å². The zero-order chi connectivity index (χ0) is 17.2. The van der Waals surface area contributed by atoms with Crippen molar-refractivity contribution in [2.45, 2.75) is 56.3 Å². The standard InChI is InChI=1S/C18H24F2N2O2/c1-24-13-8-9-14-15(11-13)22-17(23)16(21-14)18(19,20)10-4-7-12-5-2-3-6-12/h2-3,8-9,11-12,14-15,17,22-23H,4-7,10H2,1H3. The highest BCUT2D eigenvalue weighted by Crippen LogP contribution is 2.31. The number of methoxy groups -OCH3 is 1. The molecule has 0 saturated carbocycles. The normalized spacial score (nSPS) is 30.1. The van der Waals surface area contributed by atoms with E-state index in [1.165, 1.54) is 0 Å². The van der Waals surface area contributed by atoms with Crippen molar-refractivity contribution in [2.24, 2.45) is 10.9 Å². The maximum atomic E-state index is 14.5. The lowest BCUT2D eigenvalue weighted by molar-refractivity contribution is 0.0414. The Balaban J connectivity index is 1.63. The smallest absolute Gasteiger partial charge is 0.289 e. The van der Waals surface area contributed by atoms with Gasteiger partial charge in [-0.15, -0.1) is 0 Å². The molecule has 3 atom stereocenters. The van der Waals surface area contributed by atoms with Crippen molar-refractivity contribution < 1.29 is 18.6 Å². The van der Waals surface area contributed by atoms with Gasteiger partial charge in [-0.05, 0) is 43.8 Å². The van der Waals surface area contributed by atoms with Gasteiger partial charge >= 0.3 is 0 Å². The van der Waals surface area contributed by atoms with Crippen molar-refractivity contribution in [1.29, 1.82) is 0 Å². The number of alkyl halides is 2. The molecule has 3 rings (SSSR count). The van der Waals surface area contributed by atoms with Gasteiger partial charge < -0.3 is 9.84 Å². The summed E-state index contributed by atoms with van der Waals surface area (Å²) in [4.78, 5) is 4.13. The van der Waals surface area contributed by atoms with Crippen LogP contribution in [0.3, 0.4) is 0 Å². The molecule has 6 heteroatoms. The number of hydrogen-bond acceptors (Lipinski definition) is 4. The van der Waals surface area contributed by atoms with Gasteiger partial charge in [0.2, 0.25) is 0 Å². The first-order valence-corrected chi connectivity index (χ1v) is 8.49. The number of nitrogens with one attached hydrogen (secondary N) is 1. The molecule has 2 N–H and O–H groups in total. The number of ether oxygens (including phenoxy) is 1. The highest BCUT2D eigenvalue weighted by Gasteiger charge is 2.44. The summed E-state index contributed by atoms with van der Waals surface area (Å²) in [6.07, 6.45) is 10.9. The second-order valence-corrected chi connectivity index (χ2v) is 6.64. The second-order valence-electron chi connectivity index (χ2n) is 6.64. The molecule has 1 aliphatic heterocycles. The first-order valence-electron chi connectivity index (χ1n) is 8.49. The molecule has 24 heavy (non-hydrogen) atoms. The first-order chi connectivity index (χ1) is 11.5. The molecule has 0 amide bonds. The van der Waals surface area contributed by atoms with Gasteiger partial charge in [-0.25, -0.2) is 0 Å². The predicted molar refractivity (Wildman–Crippen MR) is 89.0 cm³/mol. The van der Waals surface area contributed by atoms with E-state index in [1.54, 1.807) is 25.3 Å². The van der Waals surface area contributed by atoms with Crippen molar-refractivity contribution in [3.05, 3.63) is 36.1 Å². The average Bonchev–Trinajstić information content (AvgIpc) is 3.06. The quantitative estimate of drug-likeness (QED) is 0.732. The largest absolute Gasteiger partial charge is 0.497 e. The Morgan fingerprint density at radius 2 is 2.12 bits per heavy atom. The second kappa shape index (κ2) is 7.15. The molecule has 1 heterocycles. The molecule has 0 aromatic carbocycles. The highest BCUT2D eigenvalue weighted by molar-refractivity contribution is 5.95. The minimum absolute atomic E-state index is 0.276. The van der Waals surface area contributed by atoms with Gasteiger partial charge in [0.25, 0.3) is 5.92 Å². The van der Waals surface area contributed by atoms with Crippen LogP contribution in [-0.4, -0.2) is 42.2 Å². The van der Waals surface area contributed by atoms with Crippen molar-refractivity contribution in [2.75, 3.05) is 7.11 Å². The van der Waals surface area contributed by atoms with Crippen LogP contribution in [0, 0.1) is 5.92 Å².